The molecule has 0 rings (SSSR count). The summed E-state index contributed by atoms with van der Waals surface area (Å²) < 4.78 is 4.61. The first-order chi connectivity index (χ1) is 5.54. The zero-order valence-corrected chi connectivity index (χ0v) is 8.20. The summed E-state index contributed by atoms with van der Waals surface area (Å²) in [5.74, 6) is -0.270. The van der Waals surface area contributed by atoms with Gasteiger partial charge in [0.25, 0.3) is 0 Å². The van der Waals surface area contributed by atoms with Crippen LogP contribution in [0, 0.1) is 0 Å². The maximum atomic E-state index is 11.1. The molecular weight excluding hydrogens is 156 g/mol. The Kier molecular flexibility index (Phi) is 4.85. The molecule has 0 heterocycles. The molecule has 0 aliphatic heterocycles. The fourth-order valence-electron chi connectivity index (χ4n) is 0.925. The molecule has 0 spiro atoms. The van der Waals surface area contributed by atoms with E-state index in [9.17, 15) is 4.79 Å². The standard InChI is InChI=1S/C8H18N2O2/c1-6(2)10(3)7(5-9)8(11)12-4/h6-7H,5,9H2,1-4H3. The minimum absolute atomic E-state index is 0.270. The molecule has 2 N–H and O–H groups in total. The minimum atomic E-state index is -0.324. The number of ether oxygens (including phenoxy) is 1. The Bertz CT molecular complexity index is 148. The smallest absolute Gasteiger partial charge is 0.324 e. The van der Waals surface area contributed by atoms with Crippen LogP contribution in [0.15, 0.2) is 0 Å². The van der Waals surface area contributed by atoms with E-state index in [1.165, 1.54) is 7.11 Å². The van der Waals surface area contributed by atoms with Crippen molar-refractivity contribution in [3.63, 3.8) is 0 Å². The number of hydrogen-bond acceptors (Lipinski definition) is 4. The van der Waals surface area contributed by atoms with E-state index in [-0.39, 0.29) is 18.1 Å². The second kappa shape index (κ2) is 5.11. The Morgan fingerprint density at radius 1 is 1.58 bits per heavy atom. The topological polar surface area (TPSA) is 55.6 Å². The third kappa shape index (κ3) is 2.79. The summed E-state index contributed by atoms with van der Waals surface area (Å²) >= 11 is 0. The molecule has 0 radical (unpaired) electrons. The maximum absolute atomic E-state index is 11.1. The van der Waals surface area contributed by atoms with Crippen molar-refractivity contribution in [3.8, 4) is 0 Å². The molecule has 0 amide bonds. The number of methoxy groups -OCH3 is 1. The fourth-order valence-corrected chi connectivity index (χ4v) is 0.925. The Balaban J connectivity index is 4.23. The summed E-state index contributed by atoms with van der Waals surface area (Å²) in [5, 5.41) is 0. The molecule has 12 heavy (non-hydrogen) atoms. The van der Waals surface area contributed by atoms with Crippen LogP contribution < -0.4 is 5.73 Å². The highest BCUT2D eigenvalue weighted by Gasteiger charge is 2.23. The second-order valence-electron chi connectivity index (χ2n) is 3.03. The molecule has 0 aliphatic carbocycles. The van der Waals surface area contributed by atoms with Gasteiger partial charge in [0.1, 0.15) is 6.04 Å². The molecule has 0 saturated heterocycles. The van der Waals surface area contributed by atoms with Crippen LogP contribution in [0.2, 0.25) is 0 Å². The molecular formula is C8H18N2O2. The van der Waals surface area contributed by atoms with Gasteiger partial charge >= 0.3 is 5.97 Å². The van der Waals surface area contributed by atoms with Gasteiger partial charge in [-0.3, -0.25) is 9.69 Å². The van der Waals surface area contributed by atoms with Crippen molar-refractivity contribution in [2.45, 2.75) is 25.9 Å². The number of hydrogen-bond donors (Lipinski definition) is 1. The largest absolute Gasteiger partial charge is 0.468 e. The van der Waals surface area contributed by atoms with Crippen molar-refractivity contribution in [1.82, 2.24) is 4.90 Å². The number of carbonyl (C=O) groups is 1. The van der Waals surface area contributed by atoms with Crippen molar-refractivity contribution >= 4 is 5.97 Å². The van der Waals surface area contributed by atoms with Crippen LogP contribution in [-0.2, 0) is 9.53 Å². The molecule has 1 unspecified atom stereocenters. The van der Waals surface area contributed by atoms with Crippen molar-refractivity contribution in [2.75, 3.05) is 20.7 Å². The van der Waals surface area contributed by atoms with E-state index in [0.717, 1.165) is 0 Å². The van der Waals surface area contributed by atoms with Crippen molar-refractivity contribution in [1.29, 1.82) is 0 Å². The predicted octanol–water partition coefficient (Wildman–Crippen LogP) is -0.173. The van der Waals surface area contributed by atoms with Crippen LogP contribution in [-0.4, -0.2) is 43.7 Å². The number of rotatable bonds is 4. The third-order valence-corrected chi connectivity index (χ3v) is 2.00. The predicted molar refractivity (Wildman–Crippen MR) is 47.8 cm³/mol. The average molecular weight is 174 g/mol. The number of nitrogens with zero attached hydrogens (tertiary/aromatic N) is 1. The van der Waals surface area contributed by atoms with Gasteiger partial charge in [0.05, 0.1) is 7.11 Å². The van der Waals surface area contributed by atoms with E-state index in [4.69, 9.17) is 5.73 Å². The van der Waals surface area contributed by atoms with Crippen molar-refractivity contribution in [2.24, 2.45) is 5.73 Å². The molecule has 0 aromatic carbocycles. The number of likely N-dealkylation sites (N-methyl/N-ethyl adjacent to an activating group) is 1. The lowest BCUT2D eigenvalue weighted by atomic mass is 10.2. The van der Waals surface area contributed by atoms with Gasteiger partial charge in [0.2, 0.25) is 0 Å². The molecule has 4 nitrogen and oxygen atoms in total. The first kappa shape index (κ1) is 11.4. The normalized spacial score (nSPS) is 13.6. The van der Waals surface area contributed by atoms with Crippen molar-refractivity contribution < 1.29 is 9.53 Å². The van der Waals surface area contributed by atoms with E-state index in [1.54, 1.807) is 0 Å². The lowest BCUT2D eigenvalue weighted by Crippen LogP contribution is -2.47. The number of esters is 1. The van der Waals surface area contributed by atoms with E-state index in [2.05, 4.69) is 4.74 Å². The summed E-state index contributed by atoms with van der Waals surface area (Å²) in [7, 11) is 3.23. The van der Waals surface area contributed by atoms with Gasteiger partial charge in [-0.1, -0.05) is 0 Å². The van der Waals surface area contributed by atoms with Crippen LogP contribution in [0.5, 0.6) is 0 Å². The highest BCUT2D eigenvalue weighted by atomic mass is 16.5. The van der Waals surface area contributed by atoms with E-state index < -0.39 is 0 Å². The molecule has 4 heteroatoms. The van der Waals surface area contributed by atoms with Gasteiger partial charge in [0.15, 0.2) is 0 Å². The molecule has 0 fully saturated rings. The van der Waals surface area contributed by atoms with Crippen molar-refractivity contribution in [3.05, 3.63) is 0 Å². The Hall–Kier alpha value is -0.610. The molecule has 72 valence electrons. The monoisotopic (exact) mass is 174 g/mol. The van der Waals surface area contributed by atoms with Crippen LogP contribution in [0.3, 0.4) is 0 Å². The summed E-state index contributed by atoms with van der Waals surface area (Å²) in [6.07, 6.45) is 0. The quantitative estimate of drug-likeness (QED) is 0.601. The lowest BCUT2D eigenvalue weighted by Gasteiger charge is -2.27. The Labute approximate surface area is 73.7 Å². The highest BCUT2D eigenvalue weighted by Crippen LogP contribution is 2.02. The van der Waals surface area contributed by atoms with Gasteiger partial charge in [-0.25, -0.2) is 0 Å². The minimum Gasteiger partial charge on any atom is -0.468 e. The third-order valence-electron chi connectivity index (χ3n) is 2.00. The molecule has 0 aromatic rings. The van der Waals surface area contributed by atoms with Gasteiger partial charge in [0, 0.05) is 12.6 Å². The van der Waals surface area contributed by atoms with Crippen LogP contribution >= 0.6 is 0 Å². The van der Waals surface area contributed by atoms with Gasteiger partial charge in [-0.05, 0) is 20.9 Å². The highest BCUT2D eigenvalue weighted by molar-refractivity contribution is 5.75. The van der Waals surface area contributed by atoms with Crippen LogP contribution in [0.4, 0.5) is 0 Å². The summed E-state index contributed by atoms with van der Waals surface area (Å²) in [5.41, 5.74) is 5.45. The van der Waals surface area contributed by atoms with Gasteiger partial charge in [-0.2, -0.15) is 0 Å². The zero-order valence-electron chi connectivity index (χ0n) is 8.20. The first-order valence-corrected chi connectivity index (χ1v) is 4.04. The van der Waals surface area contributed by atoms with E-state index in [1.807, 2.05) is 25.8 Å². The SMILES string of the molecule is COC(=O)C(CN)N(C)C(C)C. The average Bonchev–Trinajstić information content (AvgIpc) is 2.05. The molecule has 0 aromatic heterocycles. The molecule has 1 atom stereocenters. The molecule has 0 aliphatic rings. The Morgan fingerprint density at radius 3 is 2.33 bits per heavy atom. The second-order valence-corrected chi connectivity index (χ2v) is 3.03. The van der Waals surface area contributed by atoms with Gasteiger partial charge < -0.3 is 10.5 Å². The zero-order chi connectivity index (χ0) is 9.72. The number of carbonyl (C=O) groups excluding carboxylic acids is 1. The van der Waals surface area contributed by atoms with E-state index >= 15 is 0 Å². The van der Waals surface area contributed by atoms with Gasteiger partial charge in [-0.15, -0.1) is 0 Å². The van der Waals surface area contributed by atoms with Crippen LogP contribution in [0.25, 0.3) is 0 Å². The summed E-state index contributed by atoms with van der Waals surface area (Å²) in [6, 6.07) is -0.0346. The number of nitrogens with two attached hydrogens (primary N) is 1. The summed E-state index contributed by atoms with van der Waals surface area (Å²) in [6.45, 7) is 4.30. The molecule has 0 saturated carbocycles. The van der Waals surface area contributed by atoms with E-state index in [0.29, 0.717) is 6.54 Å². The summed E-state index contributed by atoms with van der Waals surface area (Å²) in [4.78, 5) is 13.0. The Morgan fingerprint density at radius 2 is 2.08 bits per heavy atom. The molecule has 0 bridgehead atoms. The fraction of sp³-hybridized carbons (Fsp3) is 0.875. The van der Waals surface area contributed by atoms with Crippen LogP contribution in [0.1, 0.15) is 13.8 Å². The maximum Gasteiger partial charge on any atom is 0.324 e. The lowest BCUT2D eigenvalue weighted by molar-refractivity contribution is -0.146. The first-order valence-electron chi connectivity index (χ1n) is 4.04.